The molecule has 0 radical (unpaired) electrons. The molecule has 136 valence electrons. The van der Waals surface area contributed by atoms with Crippen molar-refractivity contribution in [1.82, 2.24) is 10.2 Å². The van der Waals surface area contributed by atoms with Crippen LogP contribution in [0.1, 0.15) is 24.0 Å². The van der Waals surface area contributed by atoms with Gasteiger partial charge in [-0.05, 0) is 76.3 Å². The van der Waals surface area contributed by atoms with Crippen LogP contribution in [0.4, 0.5) is 0 Å². The summed E-state index contributed by atoms with van der Waals surface area (Å²) in [7, 11) is 4.21. The number of rotatable bonds is 9. The van der Waals surface area contributed by atoms with E-state index in [1.54, 1.807) is 12.1 Å². The van der Waals surface area contributed by atoms with Crippen LogP contribution in [-0.4, -0.2) is 42.3 Å². The summed E-state index contributed by atoms with van der Waals surface area (Å²) in [4.78, 5) is 4.06. The first-order chi connectivity index (χ1) is 12.0. The Balaban J connectivity index is 1.85. The number of hydrogen-bond acceptors (Lipinski definition) is 5. The maximum Gasteiger partial charge on any atom is 0.133 e. The summed E-state index contributed by atoms with van der Waals surface area (Å²) in [5.74, 6) is 0.179. The smallest absolute Gasteiger partial charge is 0.133 e. The second-order valence-electron chi connectivity index (χ2n) is 6.54. The van der Waals surface area contributed by atoms with Crippen molar-refractivity contribution in [3.05, 3.63) is 47.5 Å². The van der Waals surface area contributed by atoms with Gasteiger partial charge in [0.1, 0.15) is 11.5 Å². The van der Waals surface area contributed by atoms with Crippen LogP contribution in [0.5, 0.6) is 11.5 Å². The highest BCUT2D eigenvalue weighted by atomic mass is 32.2. The van der Waals surface area contributed by atoms with Crippen LogP contribution in [0.15, 0.2) is 46.2 Å². The van der Waals surface area contributed by atoms with E-state index in [2.05, 4.69) is 49.4 Å². The molecule has 2 rings (SSSR count). The molecule has 0 bridgehead atoms. The molecule has 2 aromatic rings. The second kappa shape index (κ2) is 9.70. The van der Waals surface area contributed by atoms with Gasteiger partial charge in [-0.25, -0.2) is 0 Å². The molecule has 0 heterocycles. The second-order valence-corrected chi connectivity index (χ2v) is 7.62. The fourth-order valence-electron chi connectivity index (χ4n) is 2.56. The van der Waals surface area contributed by atoms with E-state index in [0.29, 0.717) is 0 Å². The normalized spacial score (nSPS) is 11.2. The van der Waals surface area contributed by atoms with Crippen molar-refractivity contribution in [2.24, 2.45) is 0 Å². The monoisotopic (exact) mass is 360 g/mol. The van der Waals surface area contributed by atoms with Gasteiger partial charge in [0.2, 0.25) is 0 Å². The van der Waals surface area contributed by atoms with Crippen molar-refractivity contribution >= 4 is 11.8 Å². The Labute approximate surface area is 154 Å². The molecular weight excluding hydrogens is 332 g/mol. The van der Waals surface area contributed by atoms with Crippen LogP contribution in [0.3, 0.4) is 0 Å². The number of nitrogens with one attached hydrogen (secondary N) is 1. The summed E-state index contributed by atoms with van der Waals surface area (Å²) >= 11 is 1.51. The van der Waals surface area contributed by atoms with E-state index in [1.807, 2.05) is 0 Å². The Morgan fingerprint density at radius 1 is 1.00 bits per heavy atom. The lowest BCUT2D eigenvalue weighted by molar-refractivity contribution is 0.391. The number of hydrogen-bond donors (Lipinski definition) is 3. The molecule has 0 fully saturated rings. The fraction of sp³-hybridized carbons (Fsp3) is 0.400. The lowest BCUT2D eigenvalue weighted by atomic mass is 10.1. The number of phenolic OH excluding ortho intramolecular Hbond substituents is 2. The van der Waals surface area contributed by atoms with Crippen LogP contribution >= 0.6 is 11.8 Å². The molecule has 0 spiro atoms. The number of nitrogens with zero attached hydrogens (tertiary/aromatic N) is 1. The minimum atomic E-state index is 0.0746. The van der Waals surface area contributed by atoms with Gasteiger partial charge in [-0.15, -0.1) is 0 Å². The molecule has 0 saturated heterocycles. The molecule has 0 aliphatic heterocycles. The van der Waals surface area contributed by atoms with E-state index >= 15 is 0 Å². The van der Waals surface area contributed by atoms with Gasteiger partial charge in [0.15, 0.2) is 0 Å². The Hall–Kier alpha value is -1.69. The predicted octanol–water partition coefficient (Wildman–Crippen LogP) is 3.99. The summed E-state index contributed by atoms with van der Waals surface area (Å²) in [6.07, 6.45) is 2.40. The van der Waals surface area contributed by atoms with Gasteiger partial charge in [0.25, 0.3) is 0 Å². The number of benzene rings is 2. The summed E-state index contributed by atoms with van der Waals surface area (Å²) in [5.41, 5.74) is 2.45. The van der Waals surface area contributed by atoms with E-state index in [9.17, 15) is 10.2 Å². The summed E-state index contributed by atoms with van der Waals surface area (Å²) in [6, 6.07) is 11.1. The molecule has 0 aliphatic carbocycles. The van der Waals surface area contributed by atoms with Crippen LogP contribution in [-0.2, 0) is 6.54 Å². The zero-order valence-corrected chi connectivity index (χ0v) is 16.1. The van der Waals surface area contributed by atoms with Gasteiger partial charge < -0.3 is 20.4 Å². The largest absolute Gasteiger partial charge is 0.508 e. The third-order valence-electron chi connectivity index (χ3n) is 3.94. The summed E-state index contributed by atoms with van der Waals surface area (Å²) in [5, 5.41) is 22.8. The Morgan fingerprint density at radius 2 is 1.76 bits per heavy atom. The van der Waals surface area contributed by atoms with Crippen molar-refractivity contribution in [2.75, 3.05) is 27.2 Å². The zero-order valence-electron chi connectivity index (χ0n) is 15.2. The van der Waals surface area contributed by atoms with Gasteiger partial charge >= 0.3 is 0 Å². The molecule has 0 atom stereocenters. The van der Waals surface area contributed by atoms with Crippen molar-refractivity contribution in [1.29, 1.82) is 0 Å². The Morgan fingerprint density at radius 3 is 2.44 bits per heavy atom. The molecule has 3 N–H and O–H groups in total. The van der Waals surface area contributed by atoms with Crippen LogP contribution < -0.4 is 5.32 Å². The molecular formula is C20H28N2O2S. The van der Waals surface area contributed by atoms with Crippen molar-refractivity contribution < 1.29 is 10.2 Å². The maximum atomic E-state index is 9.93. The number of aromatic hydroxyl groups is 2. The Bertz CT molecular complexity index is 689. The molecule has 0 aromatic heterocycles. The zero-order chi connectivity index (χ0) is 18.2. The summed E-state index contributed by atoms with van der Waals surface area (Å²) in [6.45, 7) is 5.13. The lowest BCUT2D eigenvalue weighted by Gasteiger charge is -2.11. The Kier molecular flexibility index (Phi) is 7.62. The molecule has 0 saturated carbocycles. The first kappa shape index (κ1) is 19.6. The van der Waals surface area contributed by atoms with E-state index in [1.165, 1.54) is 41.8 Å². The third-order valence-corrected chi connectivity index (χ3v) is 5.18. The number of unbranched alkanes of at least 4 members (excludes halogenated alkanes) is 1. The van der Waals surface area contributed by atoms with E-state index in [4.69, 9.17) is 0 Å². The number of aryl methyl sites for hydroxylation is 1. The first-order valence-electron chi connectivity index (χ1n) is 8.60. The number of phenols is 2. The van der Waals surface area contributed by atoms with Crippen molar-refractivity contribution in [3.63, 3.8) is 0 Å². The highest BCUT2D eigenvalue weighted by Gasteiger charge is 2.07. The molecule has 25 heavy (non-hydrogen) atoms. The van der Waals surface area contributed by atoms with Gasteiger partial charge in [-0.2, -0.15) is 0 Å². The van der Waals surface area contributed by atoms with Gasteiger partial charge in [-0.1, -0.05) is 23.9 Å². The van der Waals surface area contributed by atoms with Crippen molar-refractivity contribution in [3.8, 4) is 11.5 Å². The highest BCUT2D eigenvalue weighted by molar-refractivity contribution is 7.99. The van der Waals surface area contributed by atoms with E-state index in [0.717, 1.165) is 29.4 Å². The molecule has 0 unspecified atom stereocenters. The third kappa shape index (κ3) is 6.61. The molecule has 4 nitrogen and oxygen atoms in total. The quantitative estimate of drug-likeness (QED) is 0.590. The minimum Gasteiger partial charge on any atom is -0.508 e. The molecule has 0 aliphatic rings. The van der Waals surface area contributed by atoms with Crippen LogP contribution in [0.2, 0.25) is 0 Å². The van der Waals surface area contributed by atoms with Crippen LogP contribution in [0.25, 0.3) is 0 Å². The molecule has 5 heteroatoms. The lowest BCUT2D eigenvalue weighted by Crippen LogP contribution is -2.18. The van der Waals surface area contributed by atoms with E-state index in [-0.39, 0.29) is 11.5 Å². The maximum absolute atomic E-state index is 9.93. The molecule has 0 amide bonds. The van der Waals surface area contributed by atoms with Crippen molar-refractivity contribution in [2.45, 2.75) is 36.1 Å². The van der Waals surface area contributed by atoms with E-state index < -0.39 is 0 Å². The highest BCUT2D eigenvalue weighted by Crippen LogP contribution is 2.37. The summed E-state index contributed by atoms with van der Waals surface area (Å²) < 4.78 is 0. The fourth-order valence-corrected chi connectivity index (χ4v) is 3.45. The molecule has 2 aromatic carbocycles. The van der Waals surface area contributed by atoms with Crippen LogP contribution in [0, 0.1) is 6.92 Å². The SMILES string of the molecule is Cc1cc(CNCCCCN(C)C)ccc1Sc1ccc(O)cc1O. The average Bonchev–Trinajstić information content (AvgIpc) is 2.55. The predicted molar refractivity (Wildman–Crippen MR) is 105 cm³/mol. The van der Waals surface area contributed by atoms with Gasteiger partial charge in [0.05, 0.1) is 4.90 Å². The minimum absolute atomic E-state index is 0.0746. The first-order valence-corrected chi connectivity index (χ1v) is 9.42. The topological polar surface area (TPSA) is 55.7 Å². The average molecular weight is 361 g/mol. The van der Waals surface area contributed by atoms with Gasteiger partial charge in [0, 0.05) is 17.5 Å². The standard InChI is InChI=1S/C20H28N2O2S/c1-15-12-16(14-21-10-4-5-11-22(2)3)6-8-19(15)25-20-9-7-17(23)13-18(20)24/h6-9,12-13,21,23-24H,4-5,10-11,14H2,1-3H3. The van der Waals surface area contributed by atoms with Gasteiger partial charge in [-0.3, -0.25) is 0 Å².